The van der Waals surface area contributed by atoms with Gasteiger partial charge in [-0.05, 0) is 19.8 Å². The zero-order valence-electron chi connectivity index (χ0n) is 8.50. The van der Waals surface area contributed by atoms with Gasteiger partial charge in [0.2, 0.25) is 0 Å². The maximum absolute atomic E-state index is 11.0. The van der Waals surface area contributed by atoms with E-state index in [1.165, 1.54) is 0 Å². The van der Waals surface area contributed by atoms with Crippen molar-refractivity contribution < 1.29 is 9.90 Å². The van der Waals surface area contributed by atoms with Gasteiger partial charge in [0, 0.05) is 18.4 Å². The quantitative estimate of drug-likeness (QED) is 0.781. The standard InChI is InChI=1S/C10H13N3O2/c1-7-2-3-8(10(14)15)13(7)9-6-11-4-5-12-9/h4-8H,2-3H2,1H3,(H,14,15). The second-order valence-electron chi connectivity index (χ2n) is 3.75. The van der Waals surface area contributed by atoms with Crippen LogP contribution in [0.3, 0.4) is 0 Å². The summed E-state index contributed by atoms with van der Waals surface area (Å²) in [5.41, 5.74) is 0. The van der Waals surface area contributed by atoms with Gasteiger partial charge in [0.1, 0.15) is 11.9 Å². The number of carboxylic acid groups (broad SMARTS) is 1. The summed E-state index contributed by atoms with van der Waals surface area (Å²) >= 11 is 0. The molecule has 0 spiro atoms. The van der Waals surface area contributed by atoms with Gasteiger partial charge in [-0.3, -0.25) is 4.98 Å². The van der Waals surface area contributed by atoms with Crippen LogP contribution in [0.1, 0.15) is 19.8 Å². The average molecular weight is 207 g/mol. The molecule has 2 unspecified atom stereocenters. The fraction of sp³-hybridized carbons (Fsp3) is 0.500. The molecule has 5 nitrogen and oxygen atoms in total. The van der Waals surface area contributed by atoms with Crippen molar-refractivity contribution in [2.24, 2.45) is 0 Å². The lowest BCUT2D eigenvalue weighted by molar-refractivity contribution is -0.138. The lowest BCUT2D eigenvalue weighted by atomic mass is 10.2. The van der Waals surface area contributed by atoms with E-state index >= 15 is 0 Å². The van der Waals surface area contributed by atoms with Gasteiger partial charge >= 0.3 is 5.97 Å². The molecule has 5 heteroatoms. The number of carbonyl (C=O) groups is 1. The molecule has 0 bridgehead atoms. The smallest absolute Gasteiger partial charge is 0.326 e. The second-order valence-corrected chi connectivity index (χ2v) is 3.75. The minimum atomic E-state index is -0.787. The molecule has 1 fully saturated rings. The van der Waals surface area contributed by atoms with Crippen molar-refractivity contribution in [1.82, 2.24) is 9.97 Å². The molecule has 0 aliphatic carbocycles. The largest absolute Gasteiger partial charge is 0.480 e. The number of rotatable bonds is 2. The molecule has 15 heavy (non-hydrogen) atoms. The van der Waals surface area contributed by atoms with Gasteiger partial charge in [0.15, 0.2) is 0 Å². The number of carboxylic acids is 1. The molecule has 0 aromatic carbocycles. The average Bonchev–Trinajstić information content (AvgIpc) is 2.61. The first-order valence-electron chi connectivity index (χ1n) is 4.97. The molecule has 1 aromatic heterocycles. The minimum Gasteiger partial charge on any atom is -0.480 e. The minimum absolute atomic E-state index is 0.211. The Balaban J connectivity index is 2.29. The SMILES string of the molecule is CC1CCC(C(=O)O)N1c1cnccn1. The van der Waals surface area contributed by atoms with E-state index in [0.717, 1.165) is 6.42 Å². The number of nitrogens with zero attached hydrogens (tertiary/aromatic N) is 3. The van der Waals surface area contributed by atoms with E-state index in [9.17, 15) is 4.79 Å². The fourth-order valence-electron chi connectivity index (χ4n) is 2.04. The van der Waals surface area contributed by atoms with Gasteiger partial charge in [-0.1, -0.05) is 0 Å². The van der Waals surface area contributed by atoms with E-state index in [1.54, 1.807) is 18.6 Å². The van der Waals surface area contributed by atoms with Crippen molar-refractivity contribution in [3.63, 3.8) is 0 Å². The first kappa shape index (κ1) is 9.89. The molecule has 0 amide bonds. The van der Waals surface area contributed by atoms with Crippen LogP contribution in [-0.4, -0.2) is 33.1 Å². The van der Waals surface area contributed by atoms with Crippen molar-refractivity contribution in [3.8, 4) is 0 Å². The van der Waals surface area contributed by atoms with E-state index in [4.69, 9.17) is 5.11 Å². The van der Waals surface area contributed by atoms with E-state index in [1.807, 2.05) is 11.8 Å². The monoisotopic (exact) mass is 207 g/mol. The summed E-state index contributed by atoms with van der Waals surface area (Å²) in [6.45, 7) is 2.01. The normalized spacial score (nSPS) is 25.5. The molecule has 2 atom stereocenters. The van der Waals surface area contributed by atoms with Crippen LogP contribution in [0.15, 0.2) is 18.6 Å². The molecule has 1 aliphatic rings. The second kappa shape index (κ2) is 3.84. The highest BCUT2D eigenvalue weighted by atomic mass is 16.4. The molecule has 80 valence electrons. The molecule has 2 rings (SSSR count). The van der Waals surface area contributed by atoms with E-state index in [0.29, 0.717) is 12.2 Å². The van der Waals surface area contributed by atoms with Crippen LogP contribution in [-0.2, 0) is 4.79 Å². The van der Waals surface area contributed by atoms with Crippen molar-refractivity contribution in [2.45, 2.75) is 31.8 Å². The highest BCUT2D eigenvalue weighted by Crippen LogP contribution is 2.28. The predicted octanol–water partition coefficient (Wildman–Crippen LogP) is 0.919. The van der Waals surface area contributed by atoms with Gasteiger partial charge in [0.25, 0.3) is 0 Å². The Morgan fingerprint density at radius 2 is 2.33 bits per heavy atom. The van der Waals surface area contributed by atoms with Crippen LogP contribution < -0.4 is 4.90 Å². The molecule has 1 aromatic rings. The van der Waals surface area contributed by atoms with Crippen molar-refractivity contribution >= 4 is 11.8 Å². The molecule has 2 heterocycles. The highest BCUT2D eigenvalue weighted by Gasteiger charge is 2.36. The van der Waals surface area contributed by atoms with Gasteiger partial charge < -0.3 is 10.0 Å². The number of hydrogen-bond acceptors (Lipinski definition) is 4. The molecular weight excluding hydrogens is 194 g/mol. The predicted molar refractivity (Wildman–Crippen MR) is 54.6 cm³/mol. The summed E-state index contributed by atoms with van der Waals surface area (Å²) < 4.78 is 0. The fourth-order valence-corrected chi connectivity index (χ4v) is 2.04. The summed E-state index contributed by atoms with van der Waals surface area (Å²) in [4.78, 5) is 21.0. The molecule has 1 saturated heterocycles. The molecular formula is C10H13N3O2. The number of hydrogen-bond donors (Lipinski definition) is 1. The van der Waals surface area contributed by atoms with Crippen molar-refractivity contribution in [2.75, 3.05) is 4.90 Å². The van der Waals surface area contributed by atoms with Crippen LogP contribution in [0.2, 0.25) is 0 Å². The van der Waals surface area contributed by atoms with E-state index in [2.05, 4.69) is 9.97 Å². The molecule has 0 radical (unpaired) electrons. The number of aromatic nitrogens is 2. The van der Waals surface area contributed by atoms with Crippen LogP contribution in [0, 0.1) is 0 Å². The Kier molecular flexibility index (Phi) is 2.53. The van der Waals surface area contributed by atoms with Crippen molar-refractivity contribution in [3.05, 3.63) is 18.6 Å². The van der Waals surface area contributed by atoms with Crippen molar-refractivity contribution in [1.29, 1.82) is 0 Å². The highest BCUT2D eigenvalue weighted by molar-refractivity contribution is 5.78. The Hall–Kier alpha value is -1.65. The Bertz CT molecular complexity index is 355. The summed E-state index contributed by atoms with van der Waals surface area (Å²) in [6, 6.07) is -0.250. The summed E-state index contributed by atoms with van der Waals surface area (Å²) in [5, 5.41) is 9.07. The lowest BCUT2D eigenvalue weighted by Crippen LogP contribution is -2.40. The van der Waals surface area contributed by atoms with Crippen LogP contribution in [0.25, 0.3) is 0 Å². The van der Waals surface area contributed by atoms with Crippen LogP contribution in [0.4, 0.5) is 5.82 Å². The molecule has 1 N–H and O–H groups in total. The third kappa shape index (κ3) is 1.77. The topological polar surface area (TPSA) is 66.3 Å². The third-order valence-corrected chi connectivity index (χ3v) is 2.77. The van der Waals surface area contributed by atoms with E-state index in [-0.39, 0.29) is 6.04 Å². The molecule has 1 aliphatic heterocycles. The lowest BCUT2D eigenvalue weighted by Gasteiger charge is -2.26. The summed E-state index contributed by atoms with van der Waals surface area (Å²) in [7, 11) is 0. The maximum Gasteiger partial charge on any atom is 0.326 e. The number of aliphatic carboxylic acids is 1. The third-order valence-electron chi connectivity index (χ3n) is 2.77. The zero-order valence-corrected chi connectivity index (χ0v) is 8.50. The Morgan fingerprint density at radius 3 is 2.93 bits per heavy atom. The van der Waals surface area contributed by atoms with Gasteiger partial charge in [-0.2, -0.15) is 0 Å². The number of anilines is 1. The first-order chi connectivity index (χ1) is 7.20. The van der Waals surface area contributed by atoms with Crippen LogP contribution in [0.5, 0.6) is 0 Å². The Morgan fingerprint density at radius 1 is 1.53 bits per heavy atom. The summed E-state index contributed by atoms with van der Waals surface area (Å²) in [5.74, 6) is -0.139. The molecule has 0 saturated carbocycles. The summed E-state index contributed by atoms with van der Waals surface area (Å²) in [6.07, 6.45) is 6.33. The van der Waals surface area contributed by atoms with E-state index < -0.39 is 12.0 Å². The van der Waals surface area contributed by atoms with Gasteiger partial charge in [-0.25, -0.2) is 9.78 Å². The van der Waals surface area contributed by atoms with Gasteiger partial charge in [0.05, 0.1) is 6.20 Å². The maximum atomic E-state index is 11.0. The zero-order chi connectivity index (χ0) is 10.8. The van der Waals surface area contributed by atoms with Crippen LogP contribution >= 0.6 is 0 Å². The Labute approximate surface area is 87.8 Å². The first-order valence-corrected chi connectivity index (χ1v) is 4.97. The van der Waals surface area contributed by atoms with Gasteiger partial charge in [-0.15, -0.1) is 0 Å².